The number of carbonyl (C=O) groups excluding carboxylic acids is 1. The van der Waals surface area contributed by atoms with Crippen molar-refractivity contribution in [2.45, 2.75) is 32.2 Å². The molecule has 1 amide bonds. The molecule has 0 bridgehead atoms. The lowest BCUT2D eigenvalue weighted by molar-refractivity contribution is -0.121. The average molecular weight is 433 g/mol. The van der Waals surface area contributed by atoms with Crippen molar-refractivity contribution in [3.05, 3.63) is 94.9 Å². The standard InChI is InChI=1S/C25H25ClN4O/c26-21-13-11-19(12-14-21)15-17-27-24(31)10-4-9-23-29-22-8-5-16-28-25(22)30(23)18-20-6-2-1-3-7-20/h1-3,5-8,11-14,16H,4,9-10,15,17-18H2,(H,27,31). The summed E-state index contributed by atoms with van der Waals surface area (Å²) in [5, 5.41) is 3.72. The fraction of sp³-hybridized carbons (Fsp3) is 0.240. The van der Waals surface area contributed by atoms with E-state index in [4.69, 9.17) is 16.6 Å². The highest BCUT2D eigenvalue weighted by molar-refractivity contribution is 6.30. The van der Waals surface area contributed by atoms with Crippen molar-refractivity contribution in [2.24, 2.45) is 0 Å². The first-order valence-corrected chi connectivity index (χ1v) is 10.9. The molecule has 1 N–H and O–H groups in total. The van der Waals surface area contributed by atoms with Crippen LogP contribution in [0.2, 0.25) is 5.02 Å². The summed E-state index contributed by atoms with van der Waals surface area (Å²) in [6, 6.07) is 21.9. The number of nitrogens with one attached hydrogen (secondary N) is 1. The van der Waals surface area contributed by atoms with E-state index >= 15 is 0 Å². The minimum atomic E-state index is 0.0674. The number of halogens is 1. The number of rotatable bonds is 9. The van der Waals surface area contributed by atoms with E-state index in [9.17, 15) is 4.79 Å². The van der Waals surface area contributed by atoms with Gasteiger partial charge in [-0.1, -0.05) is 54.1 Å². The fourth-order valence-corrected chi connectivity index (χ4v) is 3.75. The van der Waals surface area contributed by atoms with Crippen molar-refractivity contribution in [2.75, 3.05) is 6.54 Å². The summed E-state index contributed by atoms with van der Waals surface area (Å²) in [5.41, 5.74) is 4.13. The maximum atomic E-state index is 12.3. The predicted octanol–water partition coefficient (Wildman–Crippen LogP) is 4.81. The normalized spacial score (nSPS) is 11.0. The number of aryl methyl sites for hydroxylation is 1. The highest BCUT2D eigenvalue weighted by atomic mass is 35.5. The number of pyridine rings is 1. The molecule has 4 rings (SSSR count). The average Bonchev–Trinajstić information content (AvgIpc) is 3.13. The number of fused-ring (bicyclic) bond motifs is 1. The molecule has 0 spiro atoms. The third-order valence-corrected chi connectivity index (χ3v) is 5.47. The lowest BCUT2D eigenvalue weighted by atomic mass is 10.1. The van der Waals surface area contributed by atoms with Gasteiger partial charge >= 0.3 is 0 Å². The molecule has 0 unspecified atom stereocenters. The zero-order valence-electron chi connectivity index (χ0n) is 17.3. The highest BCUT2D eigenvalue weighted by Crippen LogP contribution is 2.17. The minimum Gasteiger partial charge on any atom is -0.356 e. The maximum Gasteiger partial charge on any atom is 0.220 e. The van der Waals surface area contributed by atoms with Gasteiger partial charge in [-0.2, -0.15) is 0 Å². The molecule has 0 aliphatic rings. The van der Waals surface area contributed by atoms with Crippen molar-refractivity contribution in [3.8, 4) is 0 Å². The summed E-state index contributed by atoms with van der Waals surface area (Å²) in [4.78, 5) is 21.6. The van der Waals surface area contributed by atoms with Gasteiger partial charge in [0.05, 0.1) is 6.54 Å². The molecule has 6 heteroatoms. The van der Waals surface area contributed by atoms with Gasteiger partial charge in [-0.25, -0.2) is 9.97 Å². The van der Waals surface area contributed by atoms with E-state index in [0.29, 0.717) is 13.0 Å². The van der Waals surface area contributed by atoms with Crippen LogP contribution in [0.1, 0.15) is 29.8 Å². The van der Waals surface area contributed by atoms with Crippen LogP contribution >= 0.6 is 11.6 Å². The zero-order valence-corrected chi connectivity index (χ0v) is 18.1. The smallest absolute Gasteiger partial charge is 0.220 e. The van der Waals surface area contributed by atoms with E-state index in [0.717, 1.165) is 53.4 Å². The third kappa shape index (κ3) is 5.70. The van der Waals surface area contributed by atoms with Crippen LogP contribution in [0.5, 0.6) is 0 Å². The number of imidazole rings is 1. The molecular weight excluding hydrogens is 408 g/mol. The maximum absolute atomic E-state index is 12.3. The summed E-state index contributed by atoms with van der Waals surface area (Å²) in [5.74, 6) is 1.03. The van der Waals surface area contributed by atoms with E-state index < -0.39 is 0 Å². The van der Waals surface area contributed by atoms with Gasteiger partial charge in [-0.3, -0.25) is 4.79 Å². The van der Waals surface area contributed by atoms with E-state index in [2.05, 4.69) is 27.0 Å². The van der Waals surface area contributed by atoms with Crippen LogP contribution in [-0.2, 0) is 24.2 Å². The second-order valence-corrected chi connectivity index (χ2v) is 7.96. The minimum absolute atomic E-state index is 0.0674. The summed E-state index contributed by atoms with van der Waals surface area (Å²) >= 11 is 5.91. The number of carbonyl (C=O) groups is 1. The molecule has 0 saturated carbocycles. The van der Waals surface area contributed by atoms with Gasteiger partial charge in [0.2, 0.25) is 5.91 Å². The first kappa shape index (κ1) is 21.1. The lowest BCUT2D eigenvalue weighted by Crippen LogP contribution is -2.25. The molecule has 0 radical (unpaired) electrons. The first-order valence-electron chi connectivity index (χ1n) is 10.5. The van der Waals surface area contributed by atoms with Crippen LogP contribution < -0.4 is 5.32 Å². The van der Waals surface area contributed by atoms with Crippen LogP contribution in [0.3, 0.4) is 0 Å². The van der Waals surface area contributed by atoms with Gasteiger partial charge in [0.1, 0.15) is 11.3 Å². The molecule has 5 nitrogen and oxygen atoms in total. The topological polar surface area (TPSA) is 59.8 Å². The predicted molar refractivity (Wildman–Crippen MR) is 124 cm³/mol. The van der Waals surface area contributed by atoms with Crippen molar-refractivity contribution < 1.29 is 4.79 Å². The van der Waals surface area contributed by atoms with Gasteiger partial charge in [-0.15, -0.1) is 0 Å². The number of benzene rings is 2. The van der Waals surface area contributed by atoms with Gasteiger partial charge in [0.15, 0.2) is 5.65 Å². The third-order valence-electron chi connectivity index (χ3n) is 5.22. The molecule has 2 aromatic carbocycles. The Morgan fingerprint density at radius 1 is 0.935 bits per heavy atom. The van der Waals surface area contributed by atoms with Crippen LogP contribution in [0.4, 0.5) is 0 Å². The van der Waals surface area contributed by atoms with Crippen molar-refractivity contribution >= 4 is 28.7 Å². The van der Waals surface area contributed by atoms with E-state index in [-0.39, 0.29) is 5.91 Å². The summed E-state index contributed by atoms with van der Waals surface area (Å²) in [6.07, 6.45) is 4.53. The molecule has 0 saturated heterocycles. The Balaban J connectivity index is 1.32. The van der Waals surface area contributed by atoms with Crippen LogP contribution in [0.15, 0.2) is 72.9 Å². The summed E-state index contributed by atoms with van der Waals surface area (Å²) in [7, 11) is 0. The lowest BCUT2D eigenvalue weighted by Gasteiger charge is -2.09. The molecular formula is C25H25ClN4O. The largest absolute Gasteiger partial charge is 0.356 e. The molecule has 158 valence electrons. The van der Waals surface area contributed by atoms with E-state index in [1.165, 1.54) is 5.56 Å². The molecule has 2 aromatic heterocycles. The molecule has 4 aromatic rings. The van der Waals surface area contributed by atoms with Crippen molar-refractivity contribution in [1.82, 2.24) is 19.9 Å². The molecule has 2 heterocycles. The molecule has 31 heavy (non-hydrogen) atoms. The Morgan fingerprint density at radius 3 is 2.55 bits per heavy atom. The van der Waals surface area contributed by atoms with Gasteiger partial charge in [0.25, 0.3) is 0 Å². The molecule has 0 atom stereocenters. The monoisotopic (exact) mass is 432 g/mol. The number of hydrogen-bond acceptors (Lipinski definition) is 3. The second-order valence-electron chi connectivity index (χ2n) is 7.53. The first-order chi connectivity index (χ1) is 15.2. The van der Waals surface area contributed by atoms with Gasteiger partial charge in [-0.05, 0) is 48.2 Å². The Hall–Kier alpha value is -3.18. The quantitative estimate of drug-likeness (QED) is 0.412. The Labute approximate surface area is 187 Å². The van der Waals surface area contributed by atoms with Gasteiger partial charge in [0, 0.05) is 30.6 Å². The van der Waals surface area contributed by atoms with Crippen molar-refractivity contribution in [3.63, 3.8) is 0 Å². The van der Waals surface area contributed by atoms with E-state index in [1.54, 1.807) is 6.20 Å². The Bertz CT molecular complexity index is 1140. The fourth-order valence-electron chi connectivity index (χ4n) is 3.62. The Morgan fingerprint density at radius 2 is 1.74 bits per heavy atom. The SMILES string of the molecule is O=C(CCCc1nc2cccnc2n1Cc1ccccc1)NCCc1ccc(Cl)cc1. The number of nitrogens with zero attached hydrogens (tertiary/aromatic N) is 3. The second kappa shape index (κ2) is 10.2. The van der Waals surface area contributed by atoms with Crippen LogP contribution in [-0.4, -0.2) is 27.0 Å². The van der Waals surface area contributed by atoms with Crippen LogP contribution in [0, 0.1) is 0 Å². The molecule has 0 aliphatic heterocycles. The summed E-state index contributed by atoms with van der Waals surface area (Å²) in [6.45, 7) is 1.34. The number of aromatic nitrogens is 3. The molecule has 0 aliphatic carbocycles. The van der Waals surface area contributed by atoms with Crippen molar-refractivity contribution in [1.29, 1.82) is 0 Å². The summed E-state index contributed by atoms with van der Waals surface area (Å²) < 4.78 is 2.16. The van der Waals surface area contributed by atoms with E-state index in [1.807, 2.05) is 54.6 Å². The van der Waals surface area contributed by atoms with Gasteiger partial charge < -0.3 is 9.88 Å². The number of hydrogen-bond donors (Lipinski definition) is 1. The highest BCUT2D eigenvalue weighted by Gasteiger charge is 2.12. The molecule has 0 fully saturated rings. The number of amides is 1. The Kier molecular flexibility index (Phi) is 6.95. The van der Waals surface area contributed by atoms with Crippen LogP contribution in [0.25, 0.3) is 11.2 Å². The zero-order chi connectivity index (χ0) is 21.5.